The van der Waals surface area contributed by atoms with Crippen molar-refractivity contribution in [3.63, 3.8) is 0 Å². The summed E-state index contributed by atoms with van der Waals surface area (Å²) in [4.78, 5) is 25.4. The summed E-state index contributed by atoms with van der Waals surface area (Å²) < 4.78 is 10.5. The minimum absolute atomic E-state index is 0.0644. The molecule has 5 nitrogen and oxygen atoms in total. The first kappa shape index (κ1) is 19.1. The molecule has 0 aliphatic carbocycles. The third-order valence-corrected chi connectivity index (χ3v) is 4.26. The van der Waals surface area contributed by atoms with Crippen molar-refractivity contribution in [3.8, 4) is 0 Å². The first-order valence-corrected chi connectivity index (χ1v) is 9.08. The van der Waals surface area contributed by atoms with Gasteiger partial charge >= 0.3 is 12.1 Å². The number of likely N-dealkylation sites (tertiary alicyclic amines) is 1. The van der Waals surface area contributed by atoms with Gasteiger partial charge in [-0.25, -0.2) is 4.79 Å². The van der Waals surface area contributed by atoms with Crippen LogP contribution in [0.4, 0.5) is 4.79 Å². The largest absolute Gasteiger partial charge is 0.462 e. The molecule has 0 saturated carbocycles. The van der Waals surface area contributed by atoms with E-state index < -0.39 is 5.60 Å². The Morgan fingerprint density at radius 3 is 2.59 bits per heavy atom. The highest BCUT2D eigenvalue weighted by atomic mass is 32.2. The van der Waals surface area contributed by atoms with E-state index in [-0.39, 0.29) is 18.2 Å². The molecule has 1 saturated heterocycles. The van der Waals surface area contributed by atoms with Crippen molar-refractivity contribution in [3.05, 3.63) is 0 Å². The van der Waals surface area contributed by atoms with Gasteiger partial charge in [0.1, 0.15) is 5.60 Å². The zero-order chi connectivity index (χ0) is 16.8. The Kier molecular flexibility index (Phi) is 7.53. The van der Waals surface area contributed by atoms with Crippen LogP contribution in [0.5, 0.6) is 0 Å². The number of nitrogens with zero attached hydrogens (tertiary/aromatic N) is 1. The second-order valence-electron chi connectivity index (χ2n) is 6.99. The Morgan fingerprint density at radius 2 is 2.00 bits per heavy atom. The zero-order valence-electron chi connectivity index (χ0n) is 14.4. The fourth-order valence-electron chi connectivity index (χ4n) is 2.30. The van der Waals surface area contributed by atoms with Crippen molar-refractivity contribution < 1.29 is 19.1 Å². The molecule has 1 aliphatic heterocycles. The Labute approximate surface area is 138 Å². The Bertz CT molecular complexity index is 379. The summed E-state index contributed by atoms with van der Waals surface area (Å²) in [5.74, 6) is 1.49. The second kappa shape index (κ2) is 8.65. The monoisotopic (exact) mass is 331 g/mol. The molecule has 0 aromatic rings. The summed E-state index contributed by atoms with van der Waals surface area (Å²) in [7, 11) is 0. The maximum absolute atomic E-state index is 12.1. The van der Waals surface area contributed by atoms with E-state index in [1.165, 1.54) is 0 Å². The molecule has 22 heavy (non-hydrogen) atoms. The summed E-state index contributed by atoms with van der Waals surface area (Å²) in [5.41, 5.74) is -0.459. The SMILES string of the molecule is CC(C)OC(=O)CSC[C@@H]1CCCN(C(=O)OC(C)(C)C)C1. The number of carbonyl (C=O) groups is 2. The van der Waals surface area contributed by atoms with Gasteiger partial charge in [0.05, 0.1) is 11.9 Å². The maximum atomic E-state index is 12.1. The lowest BCUT2D eigenvalue weighted by Gasteiger charge is -2.34. The number of carbonyl (C=O) groups excluding carboxylic acids is 2. The van der Waals surface area contributed by atoms with Crippen molar-refractivity contribution in [2.24, 2.45) is 5.92 Å². The molecule has 0 radical (unpaired) electrons. The van der Waals surface area contributed by atoms with E-state index in [1.54, 1.807) is 16.7 Å². The van der Waals surface area contributed by atoms with Crippen LogP contribution in [0, 0.1) is 5.92 Å². The normalized spacial score (nSPS) is 19.2. The van der Waals surface area contributed by atoms with Crippen molar-refractivity contribution in [2.75, 3.05) is 24.6 Å². The molecule has 1 amide bonds. The van der Waals surface area contributed by atoms with E-state index in [0.717, 1.165) is 25.1 Å². The molecular formula is C16H29NO4S. The van der Waals surface area contributed by atoms with E-state index in [2.05, 4.69) is 0 Å². The van der Waals surface area contributed by atoms with E-state index >= 15 is 0 Å². The summed E-state index contributed by atoms with van der Waals surface area (Å²) in [6.45, 7) is 10.8. The zero-order valence-corrected chi connectivity index (χ0v) is 15.2. The summed E-state index contributed by atoms with van der Waals surface area (Å²) >= 11 is 1.58. The minimum atomic E-state index is -0.459. The van der Waals surface area contributed by atoms with Crippen molar-refractivity contribution in [1.29, 1.82) is 0 Å². The highest BCUT2D eigenvalue weighted by Gasteiger charge is 2.27. The molecule has 0 N–H and O–H groups in total. The summed E-state index contributed by atoms with van der Waals surface area (Å²) in [5, 5.41) is 0. The third kappa shape index (κ3) is 7.92. The van der Waals surface area contributed by atoms with Crippen LogP contribution >= 0.6 is 11.8 Å². The van der Waals surface area contributed by atoms with Gasteiger partial charge in [-0.2, -0.15) is 0 Å². The average molecular weight is 331 g/mol. The Morgan fingerprint density at radius 1 is 1.32 bits per heavy atom. The van der Waals surface area contributed by atoms with Gasteiger partial charge in [0.25, 0.3) is 0 Å². The van der Waals surface area contributed by atoms with Crippen LogP contribution in [-0.2, 0) is 14.3 Å². The summed E-state index contributed by atoms with van der Waals surface area (Å²) in [6.07, 6.45) is 1.78. The van der Waals surface area contributed by atoms with Crippen LogP contribution in [0.1, 0.15) is 47.5 Å². The first-order valence-electron chi connectivity index (χ1n) is 7.92. The molecule has 128 valence electrons. The molecule has 1 aliphatic rings. The number of amides is 1. The quantitative estimate of drug-likeness (QED) is 0.723. The van der Waals surface area contributed by atoms with Gasteiger partial charge < -0.3 is 14.4 Å². The van der Waals surface area contributed by atoms with E-state index in [4.69, 9.17) is 9.47 Å². The van der Waals surface area contributed by atoms with Crippen molar-refractivity contribution in [2.45, 2.75) is 59.2 Å². The van der Waals surface area contributed by atoms with E-state index in [1.807, 2.05) is 34.6 Å². The molecule has 1 heterocycles. The predicted octanol–water partition coefficient (Wildman–Crippen LogP) is 3.32. The average Bonchev–Trinajstić information content (AvgIpc) is 2.36. The number of hydrogen-bond acceptors (Lipinski definition) is 5. The van der Waals surface area contributed by atoms with Crippen LogP contribution in [0.3, 0.4) is 0 Å². The van der Waals surface area contributed by atoms with Crippen LogP contribution < -0.4 is 0 Å². The fourth-order valence-corrected chi connectivity index (χ4v) is 3.26. The smallest absolute Gasteiger partial charge is 0.410 e. The lowest BCUT2D eigenvalue weighted by atomic mass is 10.0. The van der Waals surface area contributed by atoms with Gasteiger partial charge in [-0.05, 0) is 59.1 Å². The number of esters is 1. The van der Waals surface area contributed by atoms with Crippen LogP contribution in [0.15, 0.2) is 0 Å². The van der Waals surface area contributed by atoms with Crippen LogP contribution in [0.2, 0.25) is 0 Å². The molecule has 1 rings (SSSR count). The molecule has 6 heteroatoms. The van der Waals surface area contributed by atoms with Gasteiger partial charge in [0.2, 0.25) is 0 Å². The van der Waals surface area contributed by atoms with Gasteiger partial charge in [-0.15, -0.1) is 11.8 Å². The molecule has 0 aromatic heterocycles. The van der Waals surface area contributed by atoms with Gasteiger partial charge in [0.15, 0.2) is 0 Å². The van der Waals surface area contributed by atoms with E-state index in [9.17, 15) is 9.59 Å². The van der Waals surface area contributed by atoms with Crippen molar-refractivity contribution in [1.82, 2.24) is 4.90 Å². The topological polar surface area (TPSA) is 55.8 Å². The van der Waals surface area contributed by atoms with Gasteiger partial charge in [0, 0.05) is 13.1 Å². The number of piperidine rings is 1. The fraction of sp³-hybridized carbons (Fsp3) is 0.875. The van der Waals surface area contributed by atoms with E-state index in [0.29, 0.717) is 18.2 Å². The second-order valence-corrected chi connectivity index (χ2v) is 8.02. The number of ether oxygens (including phenoxy) is 2. The third-order valence-electron chi connectivity index (χ3n) is 3.11. The molecule has 1 atom stereocenters. The minimum Gasteiger partial charge on any atom is -0.462 e. The Balaban J connectivity index is 2.31. The predicted molar refractivity (Wildman–Crippen MR) is 89.1 cm³/mol. The molecule has 0 bridgehead atoms. The lowest BCUT2D eigenvalue weighted by molar-refractivity contribution is -0.144. The Hall–Kier alpha value is -0.910. The summed E-state index contributed by atoms with van der Waals surface area (Å²) in [6, 6.07) is 0. The van der Waals surface area contributed by atoms with Crippen molar-refractivity contribution >= 4 is 23.8 Å². The molecule has 0 unspecified atom stereocenters. The lowest BCUT2D eigenvalue weighted by Crippen LogP contribution is -2.43. The molecule has 0 aromatic carbocycles. The van der Waals surface area contributed by atoms with Gasteiger partial charge in [-0.1, -0.05) is 0 Å². The highest BCUT2D eigenvalue weighted by Crippen LogP contribution is 2.22. The maximum Gasteiger partial charge on any atom is 0.410 e. The first-order chi connectivity index (χ1) is 10.2. The molecular weight excluding hydrogens is 302 g/mol. The molecule has 1 fully saturated rings. The number of rotatable bonds is 5. The van der Waals surface area contributed by atoms with Gasteiger partial charge in [-0.3, -0.25) is 4.79 Å². The standard InChI is InChI=1S/C16H29NO4S/c1-12(2)20-14(18)11-22-10-13-7-6-8-17(9-13)15(19)21-16(3,4)5/h12-13H,6-11H2,1-5H3/t13-/m1/s1. The molecule has 0 spiro atoms. The number of hydrogen-bond donors (Lipinski definition) is 0. The van der Waals surface area contributed by atoms with Crippen LogP contribution in [-0.4, -0.2) is 53.3 Å². The van der Waals surface area contributed by atoms with Crippen LogP contribution in [0.25, 0.3) is 0 Å². The highest BCUT2D eigenvalue weighted by molar-refractivity contribution is 7.99. The number of thioether (sulfide) groups is 1.